The molecule has 32 heavy (non-hydrogen) atoms. The maximum absolute atomic E-state index is 12.5. The molecule has 0 aliphatic rings. The molecule has 4 aromatic rings. The van der Waals surface area contributed by atoms with E-state index in [2.05, 4.69) is 20.3 Å². The van der Waals surface area contributed by atoms with Crippen molar-refractivity contribution in [3.63, 3.8) is 0 Å². The lowest BCUT2D eigenvalue weighted by Crippen LogP contribution is -2.14. The van der Waals surface area contributed by atoms with E-state index in [-0.39, 0.29) is 11.7 Å². The third-order valence-corrected chi connectivity index (χ3v) is 5.52. The van der Waals surface area contributed by atoms with Crippen LogP contribution in [0.2, 0.25) is 0 Å². The number of aromatic nitrogens is 3. The fourth-order valence-corrected chi connectivity index (χ4v) is 3.74. The van der Waals surface area contributed by atoms with Gasteiger partial charge in [0.2, 0.25) is 11.7 Å². The van der Waals surface area contributed by atoms with Gasteiger partial charge in [-0.1, -0.05) is 29.5 Å². The fourth-order valence-electron chi connectivity index (χ4n) is 2.99. The van der Waals surface area contributed by atoms with Gasteiger partial charge in [0, 0.05) is 11.4 Å². The third kappa shape index (κ3) is 4.73. The number of rotatable bonds is 7. The van der Waals surface area contributed by atoms with E-state index in [1.165, 1.54) is 18.9 Å². The van der Waals surface area contributed by atoms with Crippen LogP contribution in [0.4, 0.5) is 5.69 Å². The molecule has 1 amide bonds. The molecule has 2 aromatic carbocycles. The van der Waals surface area contributed by atoms with Crippen molar-refractivity contribution >= 4 is 29.3 Å². The molecular formula is C23H20N4O4S. The number of amides is 1. The summed E-state index contributed by atoms with van der Waals surface area (Å²) in [6.45, 7) is 2.01. The molecule has 0 aliphatic carbocycles. The topological polar surface area (TPSA) is 99.2 Å². The molecule has 0 radical (unpaired) electrons. The molecule has 0 saturated heterocycles. The van der Waals surface area contributed by atoms with Gasteiger partial charge >= 0.3 is 5.97 Å². The largest absolute Gasteiger partial charge is 0.465 e. The highest BCUT2D eigenvalue weighted by Gasteiger charge is 2.19. The standard InChI is InChI=1S/C23H20N4O4S/c1-15-5-11-18(12-6-15)27-21(19-4-3-13-31-19)25-26-23(27)32-14-20(28)24-17-9-7-16(8-10-17)22(29)30-2/h3-13H,14H2,1-2H3,(H,24,28). The molecule has 0 bridgehead atoms. The Balaban J connectivity index is 1.50. The highest BCUT2D eigenvalue weighted by molar-refractivity contribution is 7.99. The summed E-state index contributed by atoms with van der Waals surface area (Å²) in [5.41, 5.74) is 3.00. The number of nitrogens with one attached hydrogen (secondary N) is 1. The summed E-state index contributed by atoms with van der Waals surface area (Å²) >= 11 is 1.26. The molecule has 9 heteroatoms. The van der Waals surface area contributed by atoms with Crippen LogP contribution in [0.15, 0.2) is 76.5 Å². The number of esters is 1. The van der Waals surface area contributed by atoms with E-state index in [0.717, 1.165) is 11.3 Å². The fraction of sp³-hybridized carbons (Fsp3) is 0.130. The maximum Gasteiger partial charge on any atom is 0.337 e. The van der Waals surface area contributed by atoms with Crippen LogP contribution < -0.4 is 5.32 Å². The van der Waals surface area contributed by atoms with Crippen LogP contribution in [-0.4, -0.2) is 39.5 Å². The van der Waals surface area contributed by atoms with Gasteiger partial charge in [-0.05, 0) is 55.5 Å². The van der Waals surface area contributed by atoms with Gasteiger partial charge < -0.3 is 14.5 Å². The van der Waals surface area contributed by atoms with Crippen molar-refractivity contribution in [2.45, 2.75) is 12.1 Å². The van der Waals surface area contributed by atoms with Crippen molar-refractivity contribution < 1.29 is 18.7 Å². The minimum absolute atomic E-state index is 0.126. The number of aryl methyl sites for hydroxylation is 1. The monoisotopic (exact) mass is 448 g/mol. The summed E-state index contributed by atoms with van der Waals surface area (Å²) in [6.07, 6.45) is 1.58. The van der Waals surface area contributed by atoms with Gasteiger partial charge in [0.1, 0.15) is 0 Å². The van der Waals surface area contributed by atoms with E-state index in [1.54, 1.807) is 36.6 Å². The molecule has 0 aliphatic heterocycles. The second-order valence-corrected chi connectivity index (χ2v) is 7.80. The van der Waals surface area contributed by atoms with E-state index < -0.39 is 5.97 Å². The van der Waals surface area contributed by atoms with Gasteiger partial charge in [0.25, 0.3) is 0 Å². The molecule has 162 valence electrons. The van der Waals surface area contributed by atoms with E-state index in [0.29, 0.717) is 28.0 Å². The average molecular weight is 449 g/mol. The number of furan rings is 1. The predicted octanol–water partition coefficient (Wildman–Crippen LogP) is 4.35. The Labute approximate surface area is 188 Å². The third-order valence-electron chi connectivity index (χ3n) is 4.59. The molecule has 0 saturated carbocycles. The van der Waals surface area contributed by atoms with Crippen LogP contribution in [0.3, 0.4) is 0 Å². The Morgan fingerprint density at radius 1 is 1.06 bits per heavy atom. The van der Waals surface area contributed by atoms with E-state index in [4.69, 9.17) is 4.42 Å². The van der Waals surface area contributed by atoms with Gasteiger partial charge in [-0.25, -0.2) is 4.79 Å². The van der Waals surface area contributed by atoms with Gasteiger partial charge in [-0.3, -0.25) is 9.36 Å². The number of carbonyl (C=O) groups excluding carboxylic acids is 2. The zero-order valence-electron chi connectivity index (χ0n) is 17.4. The number of hydrogen-bond donors (Lipinski definition) is 1. The van der Waals surface area contributed by atoms with Crippen molar-refractivity contribution in [3.8, 4) is 17.3 Å². The highest BCUT2D eigenvalue weighted by Crippen LogP contribution is 2.28. The van der Waals surface area contributed by atoms with Crippen LogP contribution in [0, 0.1) is 6.92 Å². The Hall–Kier alpha value is -3.85. The van der Waals surface area contributed by atoms with Crippen molar-refractivity contribution in [3.05, 3.63) is 78.1 Å². The van der Waals surface area contributed by atoms with E-state index in [1.807, 2.05) is 41.8 Å². The number of ether oxygens (including phenoxy) is 1. The quantitative estimate of drug-likeness (QED) is 0.331. The molecule has 0 unspecified atom stereocenters. The minimum Gasteiger partial charge on any atom is -0.465 e. The molecule has 2 heterocycles. The van der Waals surface area contributed by atoms with Crippen LogP contribution in [0.1, 0.15) is 15.9 Å². The smallest absolute Gasteiger partial charge is 0.337 e. The Morgan fingerprint density at radius 3 is 2.47 bits per heavy atom. The van der Waals surface area contributed by atoms with Crippen molar-refractivity contribution in [1.29, 1.82) is 0 Å². The number of carbonyl (C=O) groups is 2. The molecule has 1 N–H and O–H groups in total. The van der Waals surface area contributed by atoms with Gasteiger partial charge in [-0.2, -0.15) is 0 Å². The lowest BCUT2D eigenvalue weighted by molar-refractivity contribution is -0.113. The summed E-state index contributed by atoms with van der Waals surface area (Å²) in [5, 5.41) is 11.9. The SMILES string of the molecule is COC(=O)c1ccc(NC(=O)CSc2nnc(-c3ccco3)n2-c2ccc(C)cc2)cc1. The molecular weight excluding hydrogens is 428 g/mol. The average Bonchev–Trinajstić information content (AvgIpc) is 3.48. The number of nitrogens with zero attached hydrogens (tertiary/aromatic N) is 3. The first-order valence-corrected chi connectivity index (χ1v) is 10.7. The first kappa shape index (κ1) is 21.4. The summed E-state index contributed by atoms with van der Waals surface area (Å²) in [6, 6.07) is 18.0. The predicted molar refractivity (Wildman–Crippen MR) is 121 cm³/mol. The van der Waals surface area contributed by atoms with E-state index >= 15 is 0 Å². The zero-order chi connectivity index (χ0) is 22.5. The summed E-state index contributed by atoms with van der Waals surface area (Å²) < 4.78 is 12.1. The van der Waals surface area contributed by atoms with Gasteiger partial charge in [0.15, 0.2) is 10.9 Å². The van der Waals surface area contributed by atoms with Crippen LogP contribution in [-0.2, 0) is 9.53 Å². The first-order valence-electron chi connectivity index (χ1n) is 9.72. The zero-order valence-corrected chi connectivity index (χ0v) is 18.3. The van der Waals surface area contributed by atoms with Crippen LogP contribution >= 0.6 is 11.8 Å². The number of benzene rings is 2. The van der Waals surface area contributed by atoms with Gasteiger partial charge in [0.05, 0.1) is 24.7 Å². The molecule has 0 atom stereocenters. The summed E-state index contributed by atoms with van der Waals surface area (Å²) in [5.74, 6) is 0.626. The van der Waals surface area contributed by atoms with Crippen molar-refractivity contribution in [2.75, 3.05) is 18.2 Å². The lowest BCUT2D eigenvalue weighted by atomic mass is 10.2. The van der Waals surface area contributed by atoms with Gasteiger partial charge in [-0.15, -0.1) is 10.2 Å². The van der Waals surface area contributed by atoms with E-state index in [9.17, 15) is 9.59 Å². The molecule has 8 nitrogen and oxygen atoms in total. The highest BCUT2D eigenvalue weighted by atomic mass is 32.2. The van der Waals surface area contributed by atoms with Crippen LogP contribution in [0.5, 0.6) is 0 Å². The Bertz CT molecular complexity index is 1220. The maximum atomic E-state index is 12.5. The number of hydrogen-bond acceptors (Lipinski definition) is 7. The number of thioether (sulfide) groups is 1. The van der Waals surface area contributed by atoms with Crippen molar-refractivity contribution in [2.24, 2.45) is 0 Å². The summed E-state index contributed by atoms with van der Waals surface area (Å²) in [7, 11) is 1.32. The van der Waals surface area contributed by atoms with Crippen molar-refractivity contribution in [1.82, 2.24) is 14.8 Å². The second kappa shape index (κ2) is 9.52. The second-order valence-electron chi connectivity index (χ2n) is 6.86. The number of methoxy groups -OCH3 is 1. The normalized spacial score (nSPS) is 10.7. The minimum atomic E-state index is -0.429. The number of anilines is 1. The Kier molecular flexibility index (Phi) is 6.37. The molecule has 2 aromatic heterocycles. The first-order chi connectivity index (χ1) is 15.5. The lowest BCUT2D eigenvalue weighted by Gasteiger charge is -2.10. The molecule has 4 rings (SSSR count). The Morgan fingerprint density at radius 2 is 1.81 bits per heavy atom. The van der Waals surface area contributed by atoms with Crippen LogP contribution in [0.25, 0.3) is 17.3 Å². The molecule has 0 fully saturated rings. The molecule has 0 spiro atoms. The summed E-state index contributed by atoms with van der Waals surface area (Å²) in [4.78, 5) is 24.0.